The van der Waals surface area contributed by atoms with Crippen molar-refractivity contribution < 1.29 is 17.6 Å². The SMILES string of the molecule is Cc1ccc2nc(N(Cc3cccnc3)C(=O)CCCS(=O)(=O)c3ccc(F)cc3)sc2c1. The zero-order valence-corrected chi connectivity index (χ0v) is 19.6. The highest BCUT2D eigenvalue weighted by atomic mass is 32.2. The number of carbonyl (C=O) groups is 1. The molecule has 1 amide bonds. The third-order valence-corrected chi connectivity index (χ3v) is 7.96. The highest BCUT2D eigenvalue weighted by Crippen LogP contribution is 2.31. The van der Waals surface area contributed by atoms with Crippen molar-refractivity contribution in [3.63, 3.8) is 0 Å². The lowest BCUT2D eigenvalue weighted by Crippen LogP contribution is -2.30. The first kappa shape index (κ1) is 23.0. The van der Waals surface area contributed by atoms with Crippen molar-refractivity contribution in [1.29, 1.82) is 0 Å². The normalized spacial score (nSPS) is 11.6. The average Bonchev–Trinajstić information content (AvgIpc) is 3.21. The molecule has 4 rings (SSSR count). The predicted molar refractivity (Wildman–Crippen MR) is 127 cm³/mol. The van der Waals surface area contributed by atoms with E-state index < -0.39 is 15.7 Å². The van der Waals surface area contributed by atoms with Crippen molar-refractivity contribution in [2.24, 2.45) is 0 Å². The number of nitrogens with zero attached hydrogens (tertiary/aromatic N) is 3. The van der Waals surface area contributed by atoms with E-state index in [1.807, 2.05) is 31.2 Å². The molecule has 0 fully saturated rings. The van der Waals surface area contributed by atoms with Crippen LogP contribution >= 0.6 is 11.3 Å². The molecule has 0 aliphatic heterocycles. The van der Waals surface area contributed by atoms with Crippen LogP contribution in [-0.4, -0.2) is 30.0 Å². The van der Waals surface area contributed by atoms with E-state index in [0.717, 1.165) is 33.5 Å². The Balaban J connectivity index is 1.52. The summed E-state index contributed by atoms with van der Waals surface area (Å²) < 4.78 is 39.2. The molecule has 0 unspecified atom stereocenters. The Morgan fingerprint density at radius 3 is 2.64 bits per heavy atom. The Hall–Kier alpha value is -3.17. The van der Waals surface area contributed by atoms with E-state index in [-0.39, 0.29) is 35.9 Å². The molecule has 0 saturated heterocycles. The molecule has 2 heterocycles. The molecule has 0 N–H and O–H groups in total. The third kappa shape index (κ3) is 5.61. The van der Waals surface area contributed by atoms with Crippen LogP contribution in [0.5, 0.6) is 0 Å². The number of hydrogen-bond acceptors (Lipinski definition) is 6. The average molecular weight is 484 g/mol. The zero-order chi connectivity index (χ0) is 23.4. The molecule has 0 spiro atoms. The topological polar surface area (TPSA) is 80.2 Å². The van der Waals surface area contributed by atoms with E-state index >= 15 is 0 Å². The van der Waals surface area contributed by atoms with Crippen LogP contribution in [-0.2, 0) is 21.2 Å². The standard InChI is InChI=1S/C24H22FN3O3S2/c1-17-6-11-21-22(14-17)32-24(27-21)28(16-18-4-2-12-26-15-18)23(29)5-3-13-33(30,31)20-9-7-19(25)8-10-20/h2,4,6-12,14-15H,3,5,13,16H2,1H3. The highest BCUT2D eigenvalue weighted by molar-refractivity contribution is 7.91. The van der Waals surface area contributed by atoms with Gasteiger partial charge in [0.15, 0.2) is 15.0 Å². The van der Waals surface area contributed by atoms with Gasteiger partial charge in [-0.2, -0.15) is 0 Å². The lowest BCUT2D eigenvalue weighted by Gasteiger charge is -2.20. The van der Waals surface area contributed by atoms with Crippen molar-refractivity contribution in [3.05, 3.63) is 83.9 Å². The fourth-order valence-electron chi connectivity index (χ4n) is 3.38. The van der Waals surface area contributed by atoms with Crippen molar-refractivity contribution >= 4 is 42.4 Å². The largest absolute Gasteiger partial charge is 0.284 e. The summed E-state index contributed by atoms with van der Waals surface area (Å²) in [5.41, 5.74) is 2.76. The Bertz CT molecular complexity index is 1370. The number of pyridine rings is 1. The second kappa shape index (κ2) is 9.76. The van der Waals surface area contributed by atoms with Gasteiger partial charge >= 0.3 is 0 Å². The predicted octanol–water partition coefficient (Wildman–Crippen LogP) is 4.93. The minimum atomic E-state index is -3.61. The highest BCUT2D eigenvalue weighted by Gasteiger charge is 2.22. The van der Waals surface area contributed by atoms with Crippen molar-refractivity contribution in [1.82, 2.24) is 9.97 Å². The molecular formula is C24H22FN3O3S2. The molecule has 4 aromatic rings. The molecule has 6 nitrogen and oxygen atoms in total. The molecule has 0 radical (unpaired) electrons. The van der Waals surface area contributed by atoms with Gasteiger partial charge in [-0.05, 0) is 66.9 Å². The maximum atomic E-state index is 13.2. The third-order valence-electron chi connectivity index (χ3n) is 5.10. The lowest BCUT2D eigenvalue weighted by atomic mass is 10.2. The maximum Gasteiger partial charge on any atom is 0.229 e. The van der Waals surface area contributed by atoms with E-state index in [0.29, 0.717) is 5.13 Å². The summed E-state index contributed by atoms with van der Waals surface area (Å²) in [5.74, 6) is -0.922. The molecule has 0 aliphatic rings. The number of halogens is 1. The Kier molecular flexibility index (Phi) is 6.80. The smallest absolute Gasteiger partial charge is 0.229 e. The summed E-state index contributed by atoms with van der Waals surface area (Å²) in [6, 6.07) is 14.3. The summed E-state index contributed by atoms with van der Waals surface area (Å²) in [7, 11) is -3.61. The molecule has 0 bridgehead atoms. The first-order valence-electron chi connectivity index (χ1n) is 10.4. The molecule has 2 aromatic carbocycles. The van der Waals surface area contributed by atoms with E-state index in [2.05, 4.69) is 9.97 Å². The first-order valence-corrected chi connectivity index (χ1v) is 12.8. The van der Waals surface area contributed by atoms with Gasteiger partial charge in [0.05, 0.1) is 27.4 Å². The Morgan fingerprint density at radius 2 is 1.91 bits per heavy atom. The first-order chi connectivity index (χ1) is 15.8. The fourth-order valence-corrected chi connectivity index (χ4v) is 5.77. The Labute approximate surface area is 195 Å². The maximum absolute atomic E-state index is 13.2. The molecular weight excluding hydrogens is 461 g/mol. The molecule has 0 aliphatic carbocycles. The monoisotopic (exact) mass is 483 g/mol. The van der Waals surface area contributed by atoms with Crippen molar-refractivity contribution in [2.75, 3.05) is 10.7 Å². The molecule has 0 saturated carbocycles. The molecule has 2 aromatic heterocycles. The van der Waals surface area contributed by atoms with Crippen LogP contribution in [0.25, 0.3) is 10.2 Å². The number of sulfone groups is 1. The summed E-state index contributed by atoms with van der Waals surface area (Å²) >= 11 is 1.42. The van der Waals surface area contributed by atoms with Crippen molar-refractivity contribution in [3.8, 4) is 0 Å². The summed E-state index contributed by atoms with van der Waals surface area (Å²) in [6.07, 6.45) is 3.54. The van der Waals surface area contributed by atoms with Crippen LogP contribution in [0.3, 0.4) is 0 Å². The van der Waals surface area contributed by atoms with Gasteiger partial charge in [0, 0.05) is 18.8 Å². The number of fused-ring (bicyclic) bond motifs is 1. The number of benzene rings is 2. The van der Waals surface area contributed by atoms with Crippen LogP contribution in [0.4, 0.5) is 9.52 Å². The number of amides is 1. The van der Waals surface area contributed by atoms with Gasteiger partial charge in [0.2, 0.25) is 5.91 Å². The van der Waals surface area contributed by atoms with Crippen LogP contribution in [0.1, 0.15) is 24.0 Å². The van der Waals surface area contributed by atoms with Gasteiger partial charge in [-0.3, -0.25) is 14.7 Å². The summed E-state index contributed by atoms with van der Waals surface area (Å²) in [5, 5.41) is 0.561. The number of rotatable bonds is 8. The van der Waals surface area contributed by atoms with Gasteiger partial charge in [0.25, 0.3) is 0 Å². The summed E-state index contributed by atoms with van der Waals surface area (Å²) in [6.45, 7) is 2.29. The van der Waals surface area contributed by atoms with E-state index in [1.165, 1.54) is 23.5 Å². The quantitative estimate of drug-likeness (QED) is 0.332. The van der Waals surface area contributed by atoms with Gasteiger partial charge in [-0.25, -0.2) is 17.8 Å². The molecule has 33 heavy (non-hydrogen) atoms. The second-order valence-corrected chi connectivity index (χ2v) is 10.8. The number of aromatic nitrogens is 2. The van der Waals surface area contributed by atoms with Crippen molar-refractivity contribution in [2.45, 2.75) is 31.2 Å². The second-order valence-electron chi connectivity index (χ2n) is 7.69. The molecule has 0 atom stereocenters. The molecule has 170 valence electrons. The minimum Gasteiger partial charge on any atom is -0.284 e. The number of anilines is 1. The van der Waals surface area contributed by atoms with E-state index in [4.69, 9.17) is 0 Å². The summed E-state index contributed by atoms with van der Waals surface area (Å²) in [4.78, 5) is 23.6. The zero-order valence-electron chi connectivity index (χ0n) is 17.9. The van der Waals surface area contributed by atoms with E-state index in [9.17, 15) is 17.6 Å². The van der Waals surface area contributed by atoms with Crippen LogP contribution in [0.2, 0.25) is 0 Å². The van der Waals surface area contributed by atoms with Gasteiger partial charge in [0.1, 0.15) is 5.82 Å². The molecule has 9 heteroatoms. The van der Waals surface area contributed by atoms with Crippen LogP contribution in [0, 0.1) is 12.7 Å². The van der Waals surface area contributed by atoms with Crippen LogP contribution < -0.4 is 4.90 Å². The number of hydrogen-bond donors (Lipinski definition) is 0. The van der Waals surface area contributed by atoms with Gasteiger partial charge in [-0.15, -0.1) is 0 Å². The Morgan fingerprint density at radius 1 is 1.12 bits per heavy atom. The number of carbonyl (C=O) groups excluding carboxylic acids is 1. The fraction of sp³-hybridized carbons (Fsp3) is 0.208. The minimum absolute atomic E-state index is 0.0373. The van der Waals surface area contributed by atoms with Crippen LogP contribution in [0.15, 0.2) is 71.9 Å². The number of thiazole rings is 1. The van der Waals surface area contributed by atoms with E-state index in [1.54, 1.807) is 23.4 Å². The number of aryl methyl sites for hydroxylation is 1. The lowest BCUT2D eigenvalue weighted by molar-refractivity contribution is -0.118. The van der Waals surface area contributed by atoms with Gasteiger partial charge < -0.3 is 0 Å². The van der Waals surface area contributed by atoms with Gasteiger partial charge in [-0.1, -0.05) is 23.5 Å².